The number of fused-ring (bicyclic) bond motifs is 1. The minimum atomic E-state index is -1.02. The number of ether oxygens (including phenoxy) is 4. The third kappa shape index (κ3) is 5.27. The van der Waals surface area contributed by atoms with Crippen molar-refractivity contribution >= 4 is 34.9 Å². The van der Waals surface area contributed by atoms with E-state index in [9.17, 15) is 14.4 Å². The highest BCUT2D eigenvalue weighted by Gasteiger charge is 2.51. The van der Waals surface area contributed by atoms with Crippen LogP contribution in [-0.4, -0.2) is 74.4 Å². The van der Waals surface area contributed by atoms with Crippen LogP contribution in [0, 0.1) is 0 Å². The number of carbonyl (C=O) groups excluding carboxylic acids is 3. The molecule has 12 heteroatoms. The highest BCUT2D eigenvalue weighted by Crippen LogP contribution is 2.37. The van der Waals surface area contributed by atoms with Crippen molar-refractivity contribution in [3.05, 3.63) is 12.7 Å². The smallest absolute Gasteiger partial charge is 0.303 e. The van der Waals surface area contributed by atoms with Crippen molar-refractivity contribution < 1.29 is 33.3 Å². The van der Waals surface area contributed by atoms with Crippen LogP contribution in [0.1, 0.15) is 54.7 Å². The maximum absolute atomic E-state index is 11.9. The monoisotopic (exact) mass is 477 g/mol. The van der Waals surface area contributed by atoms with Gasteiger partial charge in [0.05, 0.1) is 6.33 Å². The molecule has 0 bridgehead atoms. The lowest BCUT2D eigenvalue weighted by molar-refractivity contribution is -0.166. The molecule has 1 aliphatic heterocycles. The predicted octanol–water partition coefficient (Wildman–Crippen LogP) is 1.77. The average molecular weight is 478 g/mol. The summed E-state index contributed by atoms with van der Waals surface area (Å²) in [5, 5.41) is 0. The van der Waals surface area contributed by atoms with E-state index in [2.05, 4.69) is 47.5 Å². The van der Waals surface area contributed by atoms with E-state index in [-0.39, 0.29) is 18.7 Å². The molecule has 0 saturated carbocycles. The number of nitrogens with zero attached hydrogens (tertiary/aromatic N) is 5. The molecule has 2 aromatic heterocycles. The van der Waals surface area contributed by atoms with E-state index in [4.69, 9.17) is 18.9 Å². The Bertz CT molecular complexity index is 1050. The van der Waals surface area contributed by atoms with Crippen molar-refractivity contribution in [3.8, 4) is 0 Å². The van der Waals surface area contributed by atoms with Crippen molar-refractivity contribution in [2.75, 3.05) is 11.5 Å². The zero-order valence-corrected chi connectivity index (χ0v) is 20.4. The molecule has 1 saturated heterocycles. The first-order valence-corrected chi connectivity index (χ1v) is 11.1. The van der Waals surface area contributed by atoms with E-state index in [1.807, 2.05) is 0 Å². The summed E-state index contributed by atoms with van der Waals surface area (Å²) < 4.78 is 23.8. The Kier molecular flexibility index (Phi) is 7.70. The van der Waals surface area contributed by atoms with Crippen molar-refractivity contribution in [3.63, 3.8) is 0 Å². The standard InChI is InChI=1S/C22H31N5O7/c1-11(2)27(12(3)4)21-17-20(23-9-24-21)26(10-25-17)22-19(33-15(7)30)18(32-14(6)29)16(34-22)8-31-13(5)28/h9-12,16,18-19,22H,8H2,1-7H3/t16-,18-,19-,22-/m1/s1. The molecule has 0 unspecified atom stereocenters. The van der Waals surface area contributed by atoms with Crippen LogP contribution >= 0.6 is 0 Å². The van der Waals surface area contributed by atoms with Crippen LogP contribution < -0.4 is 4.90 Å². The second kappa shape index (κ2) is 10.3. The van der Waals surface area contributed by atoms with Crippen LogP contribution in [0.3, 0.4) is 0 Å². The van der Waals surface area contributed by atoms with Crippen LogP contribution in [-0.2, 0) is 33.3 Å². The van der Waals surface area contributed by atoms with Gasteiger partial charge in [-0.25, -0.2) is 15.0 Å². The number of anilines is 1. The topological polar surface area (TPSA) is 135 Å². The van der Waals surface area contributed by atoms with E-state index in [1.165, 1.54) is 33.4 Å². The fourth-order valence-corrected chi connectivity index (χ4v) is 4.22. The van der Waals surface area contributed by atoms with Gasteiger partial charge in [0.25, 0.3) is 0 Å². The summed E-state index contributed by atoms with van der Waals surface area (Å²) in [5.41, 5.74) is 0.996. The van der Waals surface area contributed by atoms with E-state index in [1.54, 1.807) is 4.57 Å². The molecule has 4 atom stereocenters. The van der Waals surface area contributed by atoms with Crippen LogP contribution in [0.2, 0.25) is 0 Å². The number of hydrogen-bond donors (Lipinski definition) is 0. The first kappa shape index (κ1) is 25.3. The summed E-state index contributed by atoms with van der Waals surface area (Å²) >= 11 is 0. The summed E-state index contributed by atoms with van der Waals surface area (Å²) in [6, 6.07) is 0.308. The van der Waals surface area contributed by atoms with Crippen molar-refractivity contribution in [1.29, 1.82) is 0 Å². The second-order valence-electron chi connectivity index (χ2n) is 8.63. The highest BCUT2D eigenvalue weighted by atomic mass is 16.7. The molecular formula is C22H31N5O7. The van der Waals surface area contributed by atoms with Gasteiger partial charge < -0.3 is 23.8 Å². The number of hydrogen-bond acceptors (Lipinski definition) is 11. The number of esters is 3. The van der Waals surface area contributed by atoms with Gasteiger partial charge in [-0.1, -0.05) is 0 Å². The van der Waals surface area contributed by atoms with Crippen LogP contribution in [0.4, 0.5) is 5.82 Å². The molecule has 0 spiro atoms. The zero-order valence-electron chi connectivity index (χ0n) is 20.4. The van der Waals surface area contributed by atoms with Crippen molar-refractivity contribution in [2.45, 2.75) is 85.1 Å². The molecule has 0 N–H and O–H groups in total. The van der Waals surface area contributed by atoms with E-state index >= 15 is 0 Å². The lowest BCUT2D eigenvalue weighted by Crippen LogP contribution is -2.40. The first-order chi connectivity index (χ1) is 16.0. The lowest BCUT2D eigenvalue weighted by Gasteiger charge is -2.31. The maximum Gasteiger partial charge on any atom is 0.303 e. The molecule has 3 rings (SSSR count). The van der Waals surface area contributed by atoms with Gasteiger partial charge in [-0.3, -0.25) is 19.0 Å². The molecule has 1 fully saturated rings. The molecule has 1 aliphatic rings. The van der Waals surface area contributed by atoms with Gasteiger partial charge in [-0.15, -0.1) is 0 Å². The largest absolute Gasteiger partial charge is 0.463 e. The van der Waals surface area contributed by atoms with Crippen molar-refractivity contribution in [1.82, 2.24) is 19.5 Å². The summed E-state index contributed by atoms with van der Waals surface area (Å²) in [7, 11) is 0. The summed E-state index contributed by atoms with van der Waals surface area (Å²) in [4.78, 5) is 50.6. The van der Waals surface area contributed by atoms with Crippen LogP contribution in [0.25, 0.3) is 11.2 Å². The molecule has 0 amide bonds. The second-order valence-corrected chi connectivity index (χ2v) is 8.63. The predicted molar refractivity (Wildman–Crippen MR) is 120 cm³/mol. The first-order valence-electron chi connectivity index (χ1n) is 11.1. The minimum absolute atomic E-state index is 0.154. The zero-order chi connectivity index (χ0) is 25.2. The normalized spacial score (nSPS) is 22.3. The Morgan fingerprint density at radius 2 is 1.59 bits per heavy atom. The van der Waals surface area contributed by atoms with Gasteiger partial charge in [0.1, 0.15) is 19.0 Å². The molecule has 34 heavy (non-hydrogen) atoms. The van der Waals surface area contributed by atoms with E-state index < -0.39 is 42.4 Å². The lowest BCUT2D eigenvalue weighted by atomic mass is 10.1. The number of aromatic nitrogens is 4. The Morgan fingerprint density at radius 1 is 0.971 bits per heavy atom. The fraction of sp³-hybridized carbons (Fsp3) is 0.636. The van der Waals surface area contributed by atoms with Crippen LogP contribution in [0.15, 0.2) is 12.7 Å². The number of carbonyl (C=O) groups is 3. The van der Waals surface area contributed by atoms with Crippen molar-refractivity contribution in [2.24, 2.45) is 0 Å². The van der Waals surface area contributed by atoms with Crippen LogP contribution in [0.5, 0.6) is 0 Å². The molecule has 0 radical (unpaired) electrons. The van der Waals surface area contributed by atoms with Gasteiger partial charge in [-0.05, 0) is 27.7 Å². The fourth-order valence-electron chi connectivity index (χ4n) is 4.22. The minimum Gasteiger partial charge on any atom is -0.463 e. The quantitative estimate of drug-likeness (QED) is 0.406. The summed E-state index contributed by atoms with van der Waals surface area (Å²) in [5.74, 6) is -1.05. The highest BCUT2D eigenvalue weighted by molar-refractivity contribution is 5.83. The Balaban J connectivity index is 2.07. The summed E-state index contributed by atoms with van der Waals surface area (Å²) in [6.45, 7) is 11.8. The molecule has 0 aromatic carbocycles. The summed E-state index contributed by atoms with van der Waals surface area (Å²) in [6.07, 6.45) is -0.890. The average Bonchev–Trinajstić information content (AvgIpc) is 3.28. The van der Waals surface area contributed by atoms with Gasteiger partial charge in [0, 0.05) is 32.9 Å². The maximum atomic E-state index is 11.9. The Morgan fingerprint density at radius 3 is 2.15 bits per heavy atom. The Labute approximate surface area is 197 Å². The van der Waals surface area contributed by atoms with Gasteiger partial charge in [-0.2, -0.15) is 0 Å². The Hall–Kier alpha value is -3.28. The SMILES string of the molecule is CC(=O)OC[C@H]1O[C@@H](n2cnc3c(N(C(C)C)C(C)C)ncnc32)[C@H](OC(C)=O)[C@@H]1OC(C)=O. The number of imidazole rings is 1. The van der Waals surface area contributed by atoms with Gasteiger partial charge >= 0.3 is 17.9 Å². The molecule has 12 nitrogen and oxygen atoms in total. The molecule has 2 aromatic rings. The molecule has 0 aliphatic carbocycles. The van der Waals surface area contributed by atoms with E-state index in [0.29, 0.717) is 17.0 Å². The third-order valence-corrected chi connectivity index (χ3v) is 5.31. The molecule has 3 heterocycles. The van der Waals surface area contributed by atoms with E-state index in [0.717, 1.165) is 0 Å². The molecular weight excluding hydrogens is 446 g/mol. The number of rotatable bonds is 8. The molecule has 186 valence electrons. The van der Waals surface area contributed by atoms with Gasteiger partial charge in [0.15, 0.2) is 35.4 Å². The third-order valence-electron chi connectivity index (χ3n) is 5.31. The van der Waals surface area contributed by atoms with Gasteiger partial charge in [0.2, 0.25) is 0 Å².